The molecule has 0 spiro atoms. The summed E-state index contributed by atoms with van der Waals surface area (Å²) in [5.41, 5.74) is 1.56. The number of nitrogens with zero attached hydrogens (tertiary/aromatic N) is 1. The molecule has 0 unspecified atom stereocenters. The number of aryl methyl sites for hydroxylation is 1. The molecule has 1 N–H and O–H groups in total. The lowest BCUT2D eigenvalue weighted by molar-refractivity contribution is 0.0950. The first-order chi connectivity index (χ1) is 12.0. The minimum absolute atomic E-state index is 0.146. The first-order valence-corrected chi connectivity index (χ1v) is 10.7. The number of rotatable bonds is 5. The number of benzene rings is 1. The van der Waals surface area contributed by atoms with Gasteiger partial charge in [-0.15, -0.1) is 11.3 Å². The molecule has 1 fully saturated rings. The van der Waals surface area contributed by atoms with Gasteiger partial charge in [-0.1, -0.05) is 24.6 Å². The molecule has 1 aliphatic heterocycles. The van der Waals surface area contributed by atoms with Crippen molar-refractivity contribution in [2.24, 2.45) is 0 Å². The smallest absolute Gasteiger partial charge is 0.252 e. The van der Waals surface area contributed by atoms with Crippen LogP contribution in [0.25, 0.3) is 0 Å². The minimum Gasteiger partial charge on any atom is -0.347 e. The van der Waals surface area contributed by atoms with E-state index >= 15 is 0 Å². The number of piperidine rings is 1. The van der Waals surface area contributed by atoms with Crippen LogP contribution in [0, 0.1) is 6.92 Å². The van der Waals surface area contributed by atoms with Crippen LogP contribution in [-0.4, -0.2) is 31.7 Å². The van der Waals surface area contributed by atoms with E-state index in [9.17, 15) is 13.2 Å². The van der Waals surface area contributed by atoms with Gasteiger partial charge in [-0.2, -0.15) is 4.31 Å². The van der Waals surface area contributed by atoms with Crippen LogP contribution in [0.4, 0.5) is 0 Å². The standard InChI is InChI=1S/C18H22N2O3S2/c1-14-7-3-4-8-16(14)18(21)19-13-15-9-10-17(24-15)25(22,23)20-11-5-2-6-12-20/h3-4,7-10H,2,5-6,11-13H2,1H3,(H,19,21). The largest absolute Gasteiger partial charge is 0.347 e. The van der Waals surface area contributed by atoms with Crippen LogP contribution in [0.15, 0.2) is 40.6 Å². The Morgan fingerprint density at radius 3 is 2.56 bits per heavy atom. The highest BCUT2D eigenvalue weighted by molar-refractivity contribution is 7.91. The lowest BCUT2D eigenvalue weighted by Crippen LogP contribution is -2.35. The molecule has 7 heteroatoms. The SMILES string of the molecule is Cc1ccccc1C(=O)NCc1ccc(S(=O)(=O)N2CCCCC2)s1. The molecular formula is C18H22N2O3S2. The average molecular weight is 379 g/mol. The van der Waals surface area contributed by atoms with Crippen molar-refractivity contribution < 1.29 is 13.2 Å². The second-order valence-corrected chi connectivity index (χ2v) is 9.52. The van der Waals surface area contributed by atoms with Crippen molar-refractivity contribution in [3.63, 3.8) is 0 Å². The quantitative estimate of drug-likeness (QED) is 0.869. The number of hydrogen-bond donors (Lipinski definition) is 1. The van der Waals surface area contributed by atoms with E-state index in [2.05, 4.69) is 5.32 Å². The van der Waals surface area contributed by atoms with Crippen LogP contribution in [0.2, 0.25) is 0 Å². The van der Waals surface area contributed by atoms with Gasteiger partial charge in [0, 0.05) is 23.5 Å². The molecule has 0 radical (unpaired) electrons. The molecule has 25 heavy (non-hydrogen) atoms. The monoisotopic (exact) mass is 378 g/mol. The molecule has 134 valence electrons. The predicted octanol–water partition coefficient (Wildman–Crippen LogP) is 3.16. The van der Waals surface area contributed by atoms with Crippen molar-refractivity contribution in [2.45, 2.75) is 36.9 Å². The molecular weight excluding hydrogens is 356 g/mol. The topological polar surface area (TPSA) is 66.5 Å². The number of sulfonamides is 1. The van der Waals surface area contributed by atoms with Crippen molar-refractivity contribution in [3.05, 3.63) is 52.4 Å². The van der Waals surface area contributed by atoms with E-state index in [0.717, 1.165) is 29.7 Å². The van der Waals surface area contributed by atoms with Crippen LogP contribution < -0.4 is 5.32 Å². The van der Waals surface area contributed by atoms with Crippen molar-refractivity contribution >= 4 is 27.3 Å². The zero-order valence-corrected chi connectivity index (χ0v) is 15.8. The van der Waals surface area contributed by atoms with Crippen molar-refractivity contribution in [2.75, 3.05) is 13.1 Å². The van der Waals surface area contributed by atoms with Crippen LogP contribution in [-0.2, 0) is 16.6 Å². The summed E-state index contributed by atoms with van der Waals surface area (Å²) in [6.07, 6.45) is 2.93. The normalized spacial score (nSPS) is 15.9. The van der Waals surface area contributed by atoms with E-state index < -0.39 is 10.0 Å². The van der Waals surface area contributed by atoms with Crippen LogP contribution in [0.3, 0.4) is 0 Å². The first kappa shape index (κ1) is 18.1. The van der Waals surface area contributed by atoms with Crippen LogP contribution in [0.1, 0.15) is 40.1 Å². The van der Waals surface area contributed by atoms with Gasteiger partial charge in [0.1, 0.15) is 4.21 Å². The Morgan fingerprint density at radius 2 is 1.84 bits per heavy atom. The summed E-state index contributed by atoms with van der Waals surface area (Å²) in [6.45, 7) is 3.41. The Labute approximate surface area is 152 Å². The number of carbonyl (C=O) groups is 1. The number of amides is 1. The third-order valence-electron chi connectivity index (χ3n) is 4.36. The Hall–Kier alpha value is -1.70. The van der Waals surface area contributed by atoms with E-state index in [1.807, 2.05) is 25.1 Å². The summed E-state index contributed by atoms with van der Waals surface area (Å²) in [7, 11) is -3.40. The molecule has 0 aliphatic carbocycles. The van der Waals surface area contributed by atoms with Gasteiger partial charge < -0.3 is 5.32 Å². The van der Waals surface area contributed by atoms with Crippen LogP contribution >= 0.6 is 11.3 Å². The second kappa shape index (κ2) is 7.68. The van der Waals surface area contributed by atoms with Gasteiger partial charge in [-0.3, -0.25) is 4.79 Å². The Bertz CT molecular complexity index is 853. The minimum atomic E-state index is -3.40. The first-order valence-electron chi connectivity index (χ1n) is 8.41. The Balaban J connectivity index is 1.66. The number of thiophene rings is 1. The van der Waals surface area contributed by atoms with Gasteiger partial charge in [0.15, 0.2) is 0 Å². The van der Waals surface area contributed by atoms with Crippen molar-refractivity contribution in [1.82, 2.24) is 9.62 Å². The Morgan fingerprint density at radius 1 is 1.12 bits per heavy atom. The van der Waals surface area contributed by atoms with Crippen molar-refractivity contribution in [3.8, 4) is 0 Å². The molecule has 1 aliphatic rings. The molecule has 5 nitrogen and oxygen atoms in total. The molecule has 3 rings (SSSR count). The average Bonchev–Trinajstić information content (AvgIpc) is 3.11. The van der Waals surface area contributed by atoms with Gasteiger partial charge in [-0.05, 0) is 43.5 Å². The van der Waals surface area contributed by atoms with Gasteiger partial charge >= 0.3 is 0 Å². The van der Waals surface area contributed by atoms with Gasteiger partial charge in [0.2, 0.25) is 0 Å². The molecule has 0 bridgehead atoms. The number of carbonyl (C=O) groups excluding carboxylic acids is 1. The Kier molecular flexibility index (Phi) is 5.56. The van der Waals surface area contributed by atoms with Gasteiger partial charge in [0.05, 0.1) is 6.54 Å². The fourth-order valence-corrected chi connectivity index (χ4v) is 5.88. The fraction of sp³-hybridized carbons (Fsp3) is 0.389. The molecule has 0 saturated carbocycles. The fourth-order valence-electron chi connectivity index (χ4n) is 2.91. The number of nitrogens with one attached hydrogen (secondary N) is 1. The number of hydrogen-bond acceptors (Lipinski definition) is 4. The third kappa shape index (κ3) is 4.11. The summed E-state index contributed by atoms with van der Waals surface area (Å²) in [6, 6.07) is 10.8. The van der Waals surface area contributed by atoms with Gasteiger partial charge in [-0.25, -0.2) is 8.42 Å². The van der Waals surface area contributed by atoms with Crippen LogP contribution in [0.5, 0.6) is 0 Å². The lowest BCUT2D eigenvalue weighted by Gasteiger charge is -2.25. The third-order valence-corrected chi connectivity index (χ3v) is 7.81. The summed E-state index contributed by atoms with van der Waals surface area (Å²) in [4.78, 5) is 13.1. The van der Waals surface area contributed by atoms with E-state index in [-0.39, 0.29) is 5.91 Å². The molecule has 1 saturated heterocycles. The predicted molar refractivity (Wildman–Crippen MR) is 99.3 cm³/mol. The zero-order chi connectivity index (χ0) is 17.9. The summed E-state index contributed by atoms with van der Waals surface area (Å²) >= 11 is 1.23. The molecule has 0 atom stereocenters. The highest BCUT2D eigenvalue weighted by atomic mass is 32.2. The van der Waals surface area contributed by atoms with E-state index in [1.54, 1.807) is 22.5 Å². The maximum atomic E-state index is 12.7. The lowest BCUT2D eigenvalue weighted by atomic mass is 10.1. The summed E-state index contributed by atoms with van der Waals surface area (Å²) < 4.78 is 27.2. The molecule has 2 aromatic rings. The molecule has 1 aromatic heterocycles. The molecule has 1 aromatic carbocycles. The van der Waals surface area contributed by atoms with Crippen molar-refractivity contribution in [1.29, 1.82) is 0 Å². The highest BCUT2D eigenvalue weighted by Gasteiger charge is 2.27. The van der Waals surface area contributed by atoms with E-state index in [0.29, 0.717) is 29.4 Å². The van der Waals surface area contributed by atoms with E-state index in [1.165, 1.54) is 11.3 Å². The molecule has 1 amide bonds. The maximum Gasteiger partial charge on any atom is 0.252 e. The zero-order valence-electron chi connectivity index (χ0n) is 14.2. The summed E-state index contributed by atoms with van der Waals surface area (Å²) in [5.74, 6) is -0.146. The van der Waals surface area contributed by atoms with E-state index in [4.69, 9.17) is 0 Å². The maximum absolute atomic E-state index is 12.7. The summed E-state index contributed by atoms with van der Waals surface area (Å²) in [5, 5.41) is 2.86. The second-order valence-electron chi connectivity index (χ2n) is 6.18. The molecule has 2 heterocycles. The van der Waals surface area contributed by atoms with Gasteiger partial charge in [0.25, 0.3) is 15.9 Å². The highest BCUT2D eigenvalue weighted by Crippen LogP contribution is 2.27.